The van der Waals surface area contributed by atoms with Crippen molar-refractivity contribution in [3.05, 3.63) is 42.2 Å². The summed E-state index contributed by atoms with van der Waals surface area (Å²) in [6.45, 7) is 3.48. The topological polar surface area (TPSA) is 97.1 Å². The molecule has 2 N–H and O–H groups in total. The van der Waals surface area contributed by atoms with Gasteiger partial charge in [0, 0.05) is 5.56 Å². The molecule has 0 aliphatic rings. The van der Waals surface area contributed by atoms with Crippen LogP contribution in [0.4, 0.5) is 0 Å². The van der Waals surface area contributed by atoms with Crippen LogP contribution in [-0.4, -0.2) is 38.0 Å². The molecule has 7 nitrogen and oxygen atoms in total. The Morgan fingerprint density at radius 3 is 2.67 bits per heavy atom. The number of aliphatic carboxylic acids is 1. The van der Waals surface area contributed by atoms with E-state index in [0.717, 1.165) is 0 Å². The summed E-state index contributed by atoms with van der Waals surface area (Å²) in [4.78, 5) is 23.3. The number of carboxylic acid groups (broad SMARTS) is 1. The van der Waals surface area contributed by atoms with Crippen molar-refractivity contribution >= 4 is 11.9 Å². The lowest BCUT2D eigenvalue weighted by molar-refractivity contribution is -0.140. The van der Waals surface area contributed by atoms with E-state index >= 15 is 0 Å². The number of carbonyl (C=O) groups is 2. The zero-order valence-electron chi connectivity index (χ0n) is 11.7. The van der Waals surface area contributed by atoms with Crippen molar-refractivity contribution < 1.29 is 14.7 Å². The molecular weight excluding hydrogens is 272 g/mol. The highest BCUT2D eigenvalue weighted by atomic mass is 16.4. The fraction of sp³-hybridized carbons (Fsp3) is 0.286. The van der Waals surface area contributed by atoms with Crippen molar-refractivity contribution in [3.8, 4) is 5.69 Å². The summed E-state index contributed by atoms with van der Waals surface area (Å²) < 4.78 is 1.52. The average molecular weight is 288 g/mol. The lowest BCUT2D eigenvalue weighted by Gasteiger charge is -2.18. The van der Waals surface area contributed by atoms with Gasteiger partial charge in [0.2, 0.25) is 0 Å². The van der Waals surface area contributed by atoms with Crippen molar-refractivity contribution in [3.63, 3.8) is 0 Å². The van der Waals surface area contributed by atoms with Gasteiger partial charge in [-0.3, -0.25) is 4.79 Å². The van der Waals surface area contributed by atoms with E-state index in [0.29, 0.717) is 11.3 Å². The highest BCUT2D eigenvalue weighted by Crippen LogP contribution is 2.10. The number of rotatable bonds is 5. The first-order valence-corrected chi connectivity index (χ1v) is 6.49. The fourth-order valence-electron chi connectivity index (χ4n) is 1.87. The van der Waals surface area contributed by atoms with Gasteiger partial charge in [-0.15, -0.1) is 5.10 Å². The Kier molecular flexibility index (Phi) is 4.32. The van der Waals surface area contributed by atoms with Gasteiger partial charge < -0.3 is 10.4 Å². The van der Waals surface area contributed by atoms with Crippen LogP contribution in [0.1, 0.15) is 24.2 Å². The Balaban J connectivity index is 2.20. The Morgan fingerprint density at radius 2 is 2.10 bits per heavy atom. The summed E-state index contributed by atoms with van der Waals surface area (Å²) >= 11 is 0. The van der Waals surface area contributed by atoms with E-state index in [1.807, 2.05) is 0 Å². The van der Waals surface area contributed by atoms with Gasteiger partial charge in [-0.2, -0.15) is 0 Å². The number of nitrogens with zero attached hydrogens (tertiary/aromatic N) is 3. The lowest BCUT2D eigenvalue weighted by Crippen LogP contribution is -2.44. The van der Waals surface area contributed by atoms with Gasteiger partial charge in [0.15, 0.2) is 0 Å². The molecule has 21 heavy (non-hydrogen) atoms. The molecule has 2 aromatic rings. The first-order valence-electron chi connectivity index (χ1n) is 6.49. The van der Waals surface area contributed by atoms with Crippen molar-refractivity contribution in [2.75, 3.05) is 0 Å². The van der Waals surface area contributed by atoms with Crippen LogP contribution in [-0.2, 0) is 4.79 Å². The summed E-state index contributed by atoms with van der Waals surface area (Å²) in [6, 6.07) is 5.81. The highest BCUT2D eigenvalue weighted by molar-refractivity contribution is 5.97. The van der Waals surface area contributed by atoms with E-state index in [2.05, 4.69) is 15.6 Å². The molecule has 1 amide bonds. The fourth-order valence-corrected chi connectivity index (χ4v) is 1.87. The van der Waals surface area contributed by atoms with Crippen LogP contribution < -0.4 is 5.32 Å². The van der Waals surface area contributed by atoms with E-state index in [1.165, 1.54) is 10.9 Å². The van der Waals surface area contributed by atoms with Gasteiger partial charge in [0.25, 0.3) is 5.91 Å². The molecule has 1 aromatic heterocycles. The van der Waals surface area contributed by atoms with Crippen LogP contribution in [0.5, 0.6) is 0 Å². The third kappa shape index (κ3) is 3.44. The van der Waals surface area contributed by atoms with E-state index in [9.17, 15) is 9.59 Å². The van der Waals surface area contributed by atoms with Crippen molar-refractivity contribution in [1.82, 2.24) is 20.3 Å². The van der Waals surface area contributed by atoms with Gasteiger partial charge in [-0.25, -0.2) is 9.48 Å². The molecule has 0 bridgehead atoms. The first kappa shape index (κ1) is 14.7. The average Bonchev–Trinajstić information content (AvgIpc) is 2.98. The molecule has 1 heterocycles. The van der Waals surface area contributed by atoms with E-state index < -0.39 is 17.9 Å². The number of carboxylic acids is 1. The number of nitrogens with one attached hydrogen (secondary N) is 1. The SMILES string of the molecule is CC(C)C(NC(=O)c1cccc(-n2ccnn2)c1)C(=O)O. The quantitative estimate of drug-likeness (QED) is 0.859. The van der Waals surface area contributed by atoms with Crippen molar-refractivity contribution in [2.24, 2.45) is 5.92 Å². The second kappa shape index (κ2) is 6.17. The zero-order chi connectivity index (χ0) is 15.4. The number of hydrogen-bond acceptors (Lipinski definition) is 4. The summed E-state index contributed by atoms with van der Waals surface area (Å²) in [5.41, 5.74) is 1.05. The number of hydrogen-bond donors (Lipinski definition) is 2. The number of aromatic nitrogens is 3. The lowest BCUT2D eigenvalue weighted by atomic mass is 10.0. The molecule has 7 heteroatoms. The predicted molar refractivity (Wildman–Crippen MR) is 75.1 cm³/mol. The summed E-state index contributed by atoms with van der Waals surface area (Å²) in [5, 5.41) is 19.2. The monoisotopic (exact) mass is 288 g/mol. The van der Waals surface area contributed by atoms with Crippen LogP contribution in [0.25, 0.3) is 5.69 Å². The molecule has 110 valence electrons. The maximum Gasteiger partial charge on any atom is 0.326 e. The van der Waals surface area contributed by atoms with Crippen LogP contribution in [0.3, 0.4) is 0 Å². The highest BCUT2D eigenvalue weighted by Gasteiger charge is 2.24. The van der Waals surface area contributed by atoms with E-state index in [1.54, 1.807) is 44.3 Å². The van der Waals surface area contributed by atoms with Crippen LogP contribution in [0.15, 0.2) is 36.7 Å². The van der Waals surface area contributed by atoms with Crippen LogP contribution in [0.2, 0.25) is 0 Å². The third-order valence-electron chi connectivity index (χ3n) is 3.01. The molecule has 1 aromatic carbocycles. The second-order valence-electron chi connectivity index (χ2n) is 4.93. The number of carbonyl (C=O) groups excluding carboxylic acids is 1. The van der Waals surface area contributed by atoms with Crippen LogP contribution in [0, 0.1) is 5.92 Å². The maximum absolute atomic E-state index is 12.2. The van der Waals surface area contributed by atoms with Gasteiger partial charge in [0.1, 0.15) is 6.04 Å². The summed E-state index contributed by atoms with van der Waals surface area (Å²) in [6.07, 6.45) is 3.19. The molecule has 0 fully saturated rings. The minimum atomic E-state index is -1.05. The molecule has 1 unspecified atom stereocenters. The van der Waals surface area contributed by atoms with Gasteiger partial charge in [-0.1, -0.05) is 25.1 Å². The van der Waals surface area contributed by atoms with E-state index in [-0.39, 0.29) is 5.92 Å². The number of benzene rings is 1. The molecule has 0 spiro atoms. The molecule has 0 aliphatic heterocycles. The second-order valence-corrected chi connectivity index (χ2v) is 4.93. The first-order chi connectivity index (χ1) is 9.99. The van der Waals surface area contributed by atoms with Crippen LogP contribution >= 0.6 is 0 Å². The Hall–Kier alpha value is -2.70. The molecular formula is C14H16N4O3. The minimum absolute atomic E-state index is 0.204. The minimum Gasteiger partial charge on any atom is -0.480 e. The number of amides is 1. The predicted octanol–water partition coefficient (Wildman–Crippen LogP) is 1.11. The maximum atomic E-state index is 12.2. The van der Waals surface area contributed by atoms with Crippen molar-refractivity contribution in [1.29, 1.82) is 0 Å². The molecule has 1 atom stereocenters. The molecule has 0 radical (unpaired) electrons. The molecule has 0 saturated heterocycles. The molecule has 0 aliphatic carbocycles. The smallest absolute Gasteiger partial charge is 0.326 e. The Bertz CT molecular complexity index is 637. The Labute approximate surface area is 121 Å². The van der Waals surface area contributed by atoms with Gasteiger partial charge in [-0.05, 0) is 24.1 Å². The third-order valence-corrected chi connectivity index (χ3v) is 3.01. The standard InChI is InChI=1S/C14H16N4O3/c1-9(2)12(14(20)21)16-13(19)10-4-3-5-11(8-10)18-7-6-15-17-18/h3-9,12H,1-2H3,(H,16,19)(H,20,21). The van der Waals surface area contributed by atoms with E-state index in [4.69, 9.17) is 5.11 Å². The van der Waals surface area contributed by atoms with Gasteiger partial charge in [0.05, 0.1) is 18.1 Å². The molecule has 0 saturated carbocycles. The molecule has 2 rings (SSSR count). The largest absolute Gasteiger partial charge is 0.480 e. The van der Waals surface area contributed by atoms with Gasteiger partial charge >= 0.3 is 5.97 Å². The normalized spacial score (nSPS) is 12.1. The Morgan fingerprint density at radius 1 is 1.33 bits per heavy atom. The van der Waals surface area contributed by atoms with Crippen molar-refractivity contribution in [2.45, 2.75) is 19.9 Å². The summed E-state index contributed by atoms with van der Waals surface area (Å²) in [5.74, 6) is -1.69. The zero-order valence-corrected chi connectivity index (χ0v) is 11.7. The summed E-state index contributed by atoms with van der Waals surface area (Å²) in [7, 11) is 0.